The Bertz CT molecular complexity index is 1360. The molecule has 0 bridgehead atoms. The Labute approximate surface area is 196 Å². The smallest absolute Gasteiger partial charge is 0.272 e. The number of carbonyl (C=O) groups is 1. The van der Waals surface area contributed by atoms with E-state index in [4.69, 9.17) is 21.3 Å². The average molecular weight is 487 g/mol. The van der Waals surface area contributed by atoms with Gasteiger partial charge in [0.1, 0.15) is 9.53 Å². The Morgan fingerprint density at radius 2 is 2.25 bits per heavy atom. The van der Waals surface area contributed by atoms with E-state index in [9.17, 15) is 9.59 Å². The van der Waals surface area contributed by atoms with Crippen molar-refractivity contribution in [2.45, 2.75) is 30.6 Å². The Balaban J connectivity index is 1.47. The third-order valence-electron chi connectivity index (χ3n) is 5.17. The number of benzene rings is 1. The molecule has 3 aromatic heterocycles. The minimum atomic E-state index is -0.202. The standard InChI is InChI=1S/C22H19ClN4O3S2/c23-13-4-1-5-14(10-13)25-17(28)12-31-22-26-18-16-7-2-8-24-20(16)32-19(18)21(29)27(22)11-15-6-3-9-30-15/h1-2,4-5,7-8,10,15H,3,6,9,11-12H2,(H,25,28)/t15-/m0/s1. The van der Waals surface area contributed by atoms with Crippen LogP contribution in [0.2, 0.25) is 5.02 Å². The van der Waals surface area contributed by atoms with Crippen LogP contribution in [0.1, 0.15) is 12.8 Å². The summed E-state index contributed by atoms with van der Waals surface area (Å²) in [5.74, 6) is -0.0943. The third-order valence-corrected chi connectivity index (χ3v) is 7.47. The molecule has 1 aliphatic heterocycles. The normalized spacial score (nSPS) is 16.1. The minimum Gasteiger partial charge on any atom is -0.376 e. The number of pyridine rings is 1. The number of hydrogen-bond acceptors (Lipinski definition) is 7. The molecule has 1 N–H and O–H groups in total. The number of thioether (sulfide) groups is 1. The highest BCUT2D eigenvalue weighted by Gasteiger charge is 2.22. The molecule has 1 saturated heterocycles. The number of halogens is 1. The van der Waals surface area contributed by atoms with Crippen molar-refractivity contribution < 1.29 is 9.53 Å². The van der Waals surface area contributed by atoms with Gasteiger partial charge in [0.2, 0.25) is 5.91 Å². The second kappa shape index (κ2) is 9.19. The Morgan fingerprint density at radius 1 is 1.34 bits per heavy atom. The zero-order chi connectivity index (χ0) is 22.1. The van der Waals surface area contributed by atoms with Gasteiger partial charge in [0.05, 0.1) is 23.9 Å². The quantitative estimate of drug-likeness (QED) is 0.317. The van der Waals surface area contributed by atoms with Crippen molar-refractivity contribution in [2.24, 2.45) is 0 Å². The van der Waals surface area contributed by atoms with Crippen LogP contribution < -0.4 is 10.9 Å². The summed E-state index contributed by atoms with van der Waals surface area (Å²) >= 11 is 8.58. The fourth-order valence-corrected chi connectivity index (χ4v) is 5.72. The number of rotatable bonds is 6. The number of hydrogen-bond donors (Lipinski definition) is 1. The predicted molar refractivity (Wildman–Crippen MR) is 129 cm³/mol. The van der Waals surface area contributed by atoms with Gasteiger partial charge >= 0.3 is 0 Å². The number of carbonyl (C=O) groups excluding carboxylic acids is 1. The number of ether oxygens (including phenoxy) is 1. The van der Waals surface area contributed by atoms with Crippen molar-refractivity contribution in [3.8, 4) is 0 Å². The molecule has 0 saturated carbocycles. The van der Waals surface area contributed by atoms with Crippen LogP contribution in [0, 0.1) is 0 Å². The fraction of sp³-hybridized carbons (Fsp3) is 0.273. The van der Waals surface area contributed by atoms with Gasteiger partial charge < -0.3 is 10.1 Å². The molecule has 1 atom stereocenters. The van der Waals surface area contributed by atoms with Crippen LogP contribution >= 0.6 is 34.7 Å². The molecule has 0 radical (unpaired) electrons. The molecule has 7 nitrogen and oxygen atoms in total. The zero-order valence-corrected chi connectivity index (χ0v) is 19.3. The lowest BCUT2D eigenvalue weighted by Crippen LogP contribution is -2.28. The molecule has 1 aromatic carbocycles. The maximum atomic E-state index is 13.4. The van der Waals surface area contributed by atoms with E-state index in [1.807, 2.05) is 12.1 Å². The topological polar surface area (TPSA) is 86.1 Å². The van der Waals surface area contributed by atoms with Crippen LogP contribution in [0.4, 0.5) is 5.69 Å². The molecule has 0 spiro atoms. The van der Waals surface area contributed by atoms with Crippen LogP contribution in [0.5, 0.6) is 0 Å². The number of nitrogens with zero attached hydrogens (tertiary/aromatic N) is 3. The van der Waals surface area contributed by atoms with Crippen molar-refractivity contribution in [3.63, 3.8) is 0 Å². The summed E-state index contributed by atoms with van der Waals surface area (Å²) in [4.78, 5) is 35.9. The monoisotopic (exact) mass is 486 g/mol. The van der Waals surface area contributed by atoms with Gasteiger partial charge in [0.15, 0.2) is 5.16 Å². The van der Waals surface area contributed by atoms with Gasteiger partial charge in [-0.3, -0.25) is 14.2 Å². The molecule has 1 aliphatic rings. The number of nitrogens with one attached hydrogen (secondary N) is 1. The van der Waals surface area contributed by atoms with Crippen molar-refractivity contribution >= 4 is 66.7 Å². The summed E-state index contributed by atoms with van der Waals surface area (Å²) in [6.45, 7) is 1.12. The largest absolute Gasteiger partial charge is 0.376 e. The van der Waals surface area contributed by atoms with Gasteiger partial charge in [-0.1, -0.05) is 29.4 Å². The molecule has 0 aliphatic carbocycles. The summed E-state index contributed by atoms with van der Waals surface area (Å²) in [6.07, 6.45) is 3.56. The molecule has 1 fully saturated rings. The average Bonchev–Trinajstić information content (AvgIpc) is 3.42. The van der Waals surface area contributed by atoms with E-state index in [0.29, 0.717) is 39.2 Å². The molecule has 4 aromatic rings. The number of anilines is 1. The van der Waals surface area contributed by atoms with Crippen molar-refractivity contribution in [1.82, 2.24) is 14.5 Å². The van der Waals surface area contributed by atoms with E-state index in [-0.39, 0.29) is 23.3 Å². The minimum absolute atomic E-state index is 0.0286. The second-order valence-corrected chi connectivity index (χ2v) is 9.81. The first-order chi connectivity index (χ1) is 15.6. The van der Waals surface area contributed by atoms with E-state index in [1.165, 1.54) is 23.1 Å². The van der Waals surface area contributed by atoms with E-state index in [0.717, 1.165) is 23.1 Å². The molecule has 5 rings (SSSR count). The molecule has 4 heterocycles. The molecular formula is C22H19ClN4O3S2. The second-order valence-electron chi connectivity index (χ2n) is 7.43. The zero-order valence-electron chi connectivity index (χ0n) is 16.9. The van der Waals surface area contributed by atoms with E-state index in [2.05, 4.69) is 10.3 Å². The third kappa shape index (κ3) is 4.38. The van der Waals surface area contributed by atoms with Crippen LogP contribution in [0.15, 0.2) is 52.5 Å². The van der Waals surface area contributed by atoms with Gasteiger partial charge in [-0.25, -0.2) is 9.97 Å². The van der Waals surface area contributed by atoms with Crippen LogP contribution in [0.25, 0.3) is 20.4 Å². The Morgan fingerprint density at radius 3 is 3.06 bits per heavy atom. The Hall–Kier alpha value is -2.46. The molecule has 164 valence electrons. The highest BCUT2D eigenvalue weighted by molar-refractivity contribution is 7.99. The van der Waals surface area contributed by atoms with Crippen LogP contribution in [-0.2, 0) is 16.1 Å². The van der Waals surface area contributed by atoms with Gasteiger partial charge in [-0.05, 0) is 43.2 Å². The number of amides is 1. The summed E-state index contributed by atoms with van der Waals surface area (Å²) in [5, 5.41) is 4.73. The van der Waals surface area contributed by atoms with Crippen molar-refractivity contribution in [1.29, 1.82) is 0 Å². The van der Waals surface area contributed by atoms with E-state index >= 15 is 0 Å². The molecule has 1 amide bonds. The lowest BCUT2D eigenvalue weighted by atomic mass is 10.2. The summed E-state index contributed by atoms with van der Waals surface area (Å²) in [5.41, 5.74) is 1.13. The van der Waals surface area contributed by atoms with Crippen LogP contribution in [-0.4, -0.2) is 38.9 Å². The highest BCUT2D eigenvalue weighted by Crippen LogP contribution is 2.31. The first-order valence-electron chi connectivity index (χ1n) is 10.2. The number of thiophene rings is 1. The van der Waals surface area contributed by atoms with Crippen molar-refractivity contribution in [3.05, 3.63) is 58.0 Å². The van der Waals surface area contributed by atoms with Gasteiger partial charge in [-0.2, -0.15) is 0 Å². The number of aromatic nitrogens is 3. The maximum absolute atomic E-state index is 13.4. The summed E-state index contributed by atoms with van der Waals surface area (Å²) in [7, 11) is 0. The van der Waals surface area contributed by atoms with Gasteiger partial charge in [-0.15, -0.1) is 11.3 Å². The number of fused-ring (bicyclic) bond motifs is 3. The molecule has 0 unspecified atom stereocenters. The van der Waals surface area contributed by atoms with Crippen molar-refractivity contribution in [2.75, 3.05) is 17.7 Å². The summed E-state index contributed by atoms with van der Waals surface area (Å²) in [6, 6.07) is 10.7. The molecule has 32 heavy (non-hydrogen) atoms. The van der Waals surface area contributed by atoms with Gasteiger partial charge in [0, 0.05) is 28.9 Å². The Kier molecular flexibility index (Phi) is 6.14. The first kappa shape index (κ1) is 21.4. The predicted octanol–water partition coefficient (Wildman–Crippen LogP) is 4.57. The first-order valence-corrected chi connectivity index (χ1v) is 12.3. The lowest BCUT2D eigenvalue weighted by Gasteiger charge is -2.15. The van der Waals surface area contributed by atoms with Gasteiger partial charge in [0.25, 0.3) is 5.56 Å². The molecule has 10 heteroatoms. The highest BCUT2D eigenvalue weighted by atomic mass is 35.5. The van der Waals surface area contributed by atoms with E-state index < -0.39 is 0 Å². The maximum Gasteiger partial charge on any atom is 0.272 e. The fourth-order valence-electron chi connectivity index (χ4n) is 3.70. The van der Waals surface area contributed by atoms with Crippen LogP contribution in [0.3, 0.4) is 0 Å². The van der Waals surface area contributed by atoms with E-state index in [1.54, 1.807) is 35.0 Å². The summed E-state index contributed by atoms with van der Waals surface area (Å²) < 4.78 is 7.97. The SMILES string of the molecule is O=C(CSc1nc2c(sc3ncccc32)c(=O)n1C[C@@H]1CCCO1)Nc1cccc(Cl)c1. The molecular weight excluding hydrogens is 468 g/mol. The lowest BCUT2D eigenvalue weighted by molar-refractivity contribution is -0.113.